The third kappa shape index (κ3) is 2.90. The van der Waals surface area contributed by atoms with Crippen LogP contribution in [0.15, 0.2) is 23.8 Å². The molecule has 5 heteroatoms. The van der Waals surface area contributed by atoms with E-state index in [0.717, 1.165) is 32.1 Å². The van der Waals surface area contributed by atoms with E-state index in [0.29, 0.717) is 48.5 Å². The molecular weight excluding hydrogens is 376 g/mol. The highest BCUT2D eigenvalue weighted by molar-refractivity contribution is 6.21. The summed E-state index contributed by atoms with van der Waals surface area (Å²) in [6.07, 6.45) is 8.02. The summed E-state index contributed by atoms with van der Waals surface area (Å²) in [5, 5.41) is 20.7. The topological polar surface area (TPSA) is 74.6 Å². The number of aliphatic carboxylic acids is 1. The van der Waals surface area contributed by atoms with Crippen molar-refractivity contribution in [1.82, 2.24) is 0 Å². The number of allylic oxidation sites excluding steroid dienone is 1. The summed E-state index contributed by atoms with van der Waals surface area (Å²) in [5.41, 5.74) is 0.555. The highest BCUT2D eigenvalue weighted by Gasteiger charge is 2.65. The van der Waals surface area contributed by atoms with Crippen LogP contribution in [-0.2, 0) is 9.59 Å². The summed E-state index contributed by atoms with van der Waals surface area (Å²) >= 11 is 7.02. The Morgan fingerprint density at radius 3 is 2.75 bits per heavy atom. The van der Waals surface area contributed by atoms with Crippen molar-refractivity contribution in [3.63, 3.8) is 0 Å². The van der Waals surface area contributed by atoms with Gasteiger partial charge in [-0.15, -0.1) is 11.6 Å². The van der Waals surface area contributed by atoms with Gasteiger partial charge in [-0.3, -0.25) is 9.59 Å². The second kappa shape index (κ2) is 6.98. The highest BCUT2D eigenvalue weighted by atomic mass is 35.5. The van der Waals surface area contributed by atoms with Gasteiger partial charge in [0.15, 0.2) is 5.78 Å². The average molecular weight is 407 g/mol. The Bertz CT molecular complexity index is 743. The average Bonchev–Trinajstić information content (AvgIpc) is 2.91. The van der Waals surface area contributed by atoms with Crippen LogP contribution in [0.3, 0.4) is 0 Å². The van der Waals surface area contributed by atoms with Gasteiger partial charge in [-0.2, -0.15) is 0 Å². The molecule has 0 heterocycles. The second-order valence-corrected chi connectivity index (χ2v) is 10.3. The maximum atomic E-state index is 11.9. The molecule has 0 aromatic heterocycles. The fraction of sp³-hybridized carbons (Fsp3) is 0.739. The van der Waals surface area contributed by atoms with Gasteiger partial charge in [0.25, 0.3) is 0 Å². The monoisotopic (exact) mass is 406 g/mol. The molecule has 4 nitrogen and oxygen atoms in total. The van der Waals surface area contributed by atoms with Gasteiger partial charge >= 0.3 is 5.97 Å². The molecule has 0 radical (unpaired) electrons. The number of rotatable bonds is 4. The fourth-order valence-corrected chi connectivity index (χ4v) is 7.93. The van der Waals surface area contributed by atoms with Crippen molar-refractivity contribution >= 4 is 23.4 Å². The molecule has 0 bridgehead atoms. The van der Waals surface area contributed by atoms with Crippen LogP contribution in [0.25, 0.3) is 0 Å². The van der Waals surface area contributed by atoms with Crippen LogP contribution in [0.4, 0.5) is 0 Å². The number of carbonyl (C=O) groups excluding carboxylic acids is 1. The van der Waals surface area contributed by atoms with Gasteiger partial charge in [0.1, 0.15) is 0 Å². The predicted molar refractivity (Wildman–Crippen MR) is 108 cm³/mol. The van der Waals surface area contributed by atoms with Gasteiger partial charge in [0.05, 0.1) is 5.60 Å². The standard InChI is InChI=1S/C23H31ClO4/c1-13(3-8-20(26)27)23(28)10-9-18-17-6-4-14-11-15(25)5-7-16(14)21(17)19(24)12-22(18,23)2/h11,16-19,21,28H,1,3-10,12H2,2H3,(H,26,27)/t16-,17-,18-,19-,21+,22-,23+/m0/s1. The Morgan fingerprint density at radius 1 is 1.29 bits per heavy atom. The number of carboxylic acid groups (broad SMARTS) is 1. The lowest BCUT2D eigenvalue weighted by molar-refractivity contribution is -0.137. The van der Waals surface area contributed by atoms with Crippen LogP contribution in [0.1, 0.15) is 64.7 Å². The number of carbonyl (C=O) groups is 2. The molecular formula is C23H31ClO4. The van der Waals surface area contributed by atoms with Gasteiger partial charge in [0, 0.05) is 23.6 Å². The number of ketones is 1. The molecule has 2 N–H and O–H groups in total. The number of alkyl halides is 1. The van der Waals surface area contributed by atoms with Crippen LogP contribution in [-0.4, -0.2) is 32.9 Å². The molecule has 4 aliphatic rings. The van der Waals surface area contributed by atoms with Crippen LogP contribution in [0.5, 0.6) is 0 Å². The smallest absolute Gasteiger partial charge is 0.303 e. The SMILES string of the molecule is C=C(CCC(=O)O)[C@]1(O)CC[C@H]2[C@@H]3CCC4=CC(=O)CC[C@@H]4[C@H]3[C@@H](Cl)C[C@@]21C. The maximum Gasteiger partial charge on any atom is 0.303 e. The zero-order chi connectivity index (χ0) is 20.3. The quantitative estimate of drug-likeness (QED) is 0.532. The zero-order valence-electron chi connectivity index (χ0n) is 16.6. The number of halogens is 1. The summed E-state index contributed by atoms with van der Waals surface area (Å²) in [7, 11) is 0. The first kappa shape index (κ1) is 20.2. The van der Waals surface area contributed by atoms with E-state index in [1.54, 1.807) is 0 Å². The molecule has 28 heavy (non-hydrogen) atoms. The number of fused-ring (bicyclic) bond motifs is 5. The van der Waals surface area contributed by atoms with Crippen molar-refractivity contribution in [2.75, 3.05) is 0 Å². The van der Waals surface area contributed by atoms with E-state index in [9.17, 15) is 14.7 Å². The van der Waals surface area contributed by atoms with Crippen LogP contribution in [0.2, 0.25) is 0 Å². The lowest BCUT2D eigenvalue weighted by atomic mass is 9.49. The molecule has 7 atom stereocenters. The fourth-order valence-electron chi connectivity index (χ4n) is 7.25. The third-order valence-corrected chi connectivity index (χ3v) is 9.05. The molecule has 0 aromatic rings. The molecule has 0 saturated heterocycles. The van der Waals surface area contributed by atoms with Crippen LogP contribution < -0.4 is 0 Å². The maximum absolute atomic E-state index is 11.9. The van der Waals surface area contributed by atoms with Crippen LogP contribution >= 0.6 is 11.6 Å². The van der Waals surface area contributed by atoms with Crippen molar-refractivity contribution in [2.24, 2.45) is 29.1 Å². The van der Waals surface area contributed by atoms with Gasteiger partial charge in [-0.1, -0.05) is 19.1 Å². The van der Waals surface area contributed by atoms with Crippen molar-refractivity contribution in [1.29, 1.82) is 0 Å². The third-order valence-electron chi connectivity index (χ3n) is 8.61. The summed E-state index contributed by atoms with van der Waals surface area (Å²) in [6.45, 7) is 6.27. The van der Waals surface area contributed by atoms with Gasteiger partial charge in [-0.25, -0.2) is 0 Å². The number of hydrogen-bond donors (Lipinski definition) is 2. The van der Waals surface area contributed by atoms with E-state index in [-0.39, 0.29) is 23.0 Å². The summed E-state index contributed by atoms with van der Waals surface area (Å²) in [5.74, 6) is 1.01. The molecule has 0 unspecified atom stereocenters. The molecule has 4 rings (SSSR count). The minimum absolute atomic E-state index is 0.00248. The molecule has 0 spiro atoms. The minimum Gasteiger partial charge on any atom is -0.481 e. The molecule has 3 saturated carbocycles. The minimum atomic E-state index is -1.04. The lowest BCUT2D eigenvalue weighted by Gasteiger charge is -2.57. The van der Waals surface area contributed by atoms with E-state index < -0.39 is 11.6 Å². The molecule has 0 aromatic carbocycles. The first-order valence-electron chi connectivity index (χ1n) is 10.7. The largest absolute Gasteiger partial charge is 0.481 e. The molecule has 0 amide bonds. The predicted octanol–water partition coefficient (Wildman–Crippen LogP) is 4.50. The number of hydrogen-bond acceptors (Lipinski definition) is 3. The van der Waals surface area contributed by atoms with Crippen molar-refractivity contribution in [2.45, 2.75) is 75.7 Å². The van der Waals surface area contributed by atoms with Crippen LogP contribution in [0, 0.1) is 29.1 Å². The molecule has 0 aliphatic heterocycles. The van der Waals surface area contributed by atoms with E-state index in [1.165, 1.54) is 5.57 Å². The molecule has 154 valence electrons. The zero-order valence-corrected chi connectivity index (χ0v) is 17.4. The van der Waals surface area contributed by atoms with E-state index in [4.69, 9.17) is 16.7 Å². The summed E-state index contributed by atoms with van der Waals surface area (Å²) < 4.78 is 0. The Balaban J connectivity index is 1.61. The Hall–Kier alpha value is -1.13. The van der Waals surface area contributed by atoms with Crippen molar-refractivity contribution in [3.05, 3.63) is 23.8 Å². The normalized spacial score (nSPS) is 44.9. The molecule has 3 fully saturated rings. The second-order valence-electron chi connectivity index (χ2n) is 9.75. The summed E-state index contributed by atoms with van der Waals surface area (Å²) in [6, 6.07) is 0. The number of carboxylic acids is 1. The number of aliphatic hydroxyl groups is 1. The van der Waals surface area contributed by atoms with Gasteiger partial charge in [-0.05, 0) is 80.3 Å². The van der Waals surface area contributed by atoms with Gasteiger partial charge in [0.2, 0.25) is 0 Å². The highest BCUT2D eigenvalue weighted by Crippen LogP contribution is 2.67. The Labute approximate surface area is 172 Å². The van der Waals surface area contributed by atoms with E-state index >= 15 is 0 Å². The Kier molecular flexibility index (Phi) is 5.03. The summed E-state index contributed by atoms with van der Waals surface area (Å²) in [4.78, 5) is 22.9. The van der Waals surface area contributed by atoms with E-state index in [1.807, 2.05) is 6.08 Å². The van der Waals surface area contributed by atoms with E-state index in [2.05, 4.69) is 13.5 Å². The first-order valence-corrected chi connectivity index (χ1v) is 11.1. The molecule has 4 aliphatic carbocycles. The van der Waals surface area contributed by atoms with Crippen molar-refractivity contribution in [3.8, 4) is 0 Å². The first-order chi connectivity index (χ1) is 13.2. The lowest BCUT2D eigenvalue weighted by Crippen LogP contribution is -2.56. The Morgan fingerprint density at radius 2 is 2.04 bits per heavy atom. The van der Waals surface area contributed by atoms with Crippen molar-refractivity contribution < 1.29 is 19.8 Å². The van der Waals surface area contributed by atoms with Gasteiger partial charge < -0.3 is 10.2 Å².